The van der Waals surface area contributed by atoms with Gasteiger partial charge in [0, 0.05) is 0 Å². The third-order valence-electron chi connectivity index (χ3n) is 12.9. The molecule has 0 aliphatic heterocycles. The van der Waals surface area contributed by atoms with Crippen LogP contribution in [0.5, 0.6) is 0 Å². The lowest BCUT2D eigenvalue weighted by molar-refractivity contribution is 0.522. The van der Waals surface area contributed by atoms with Gasteiger partial charge in [0.25, 0.3) is 8.32 Å². The van der Waals surface area contributed by atoms with Crippen LogP contribution in [0.15, 0.2) is 91.0 Å². The van der Waals surface area contributed by atoms with Gasteiger partial charge < -0.3 is 16.5 Å². The molecule has 3 rings (SSSR count). The van der Waals surface area contributed by atoms with E-state index in [2.05, 4.69) is 258 Å². The molecule has 3 aromatic carbocycles. The normalized spacial score (nSPS) is 15.0. The minimum Gasteiger partial charge on any atom is -0.456 e. The van der Waals surface area contributed by atoms with Crippen molar-refractivity contribution in [2.45, 2.75) is 215 Å². The monoisotopic (exact) mass is 1000 g/mol. The van der Waals surface area contributed by atoms with Gasteiger partial charge >= 0.3 is 0 Å². The van der Waals surface area contributed by atoms with E-state index in [1.807, 2.05) is 0 Å². The summed E-state index contributed by atoms with van der Waals surface area (Å²) in [6.07, 6.45) is 4.92. The van der Waals surface area contributed by atoms with Crippen molar-refractivity contribution in [1.82, 2.24) is 0 Å². The highest BCUT2D eigenvalue weighted by Crippen LogP contribution is 2.31. The van der Waals surface area contributed by atoms with Gasteiger partial charge in [-0.1, -0.05) is 172 Å². The van der Waals surface area contributed by atoms with Crippen molar-refractivity contribution >= 4 is 82.1 Å². The summed E-state index contributed by atoms with van der Waals surface area (Å²) in [5, 5.41) is 3.98. The van der Waals surface area contributed by atoms with Gasteiger partial charge in [0.2, 0.25) is 0 Å². The fourth-order valence-electron chi connectivity index (χ4n) is 7.83. The van der Waals surface area contributed by atoms with Crippen molar-refractivity contribution in [2.75, 3.05) is 0 Å². The summed E-state index contributed by atoms with van der Waals surface area (Å²) in [6.45, 7) is 57.8. The number of hydrogen-bond donors (Lipinski definition) is 0. The zero-order chi connectivity index (χ0) is 49.3. The predicted octanol–water partition coefficient (Wildman–Crippen LogP) is 16.2. The van der Waals surface area contributed by atoms with E-state index in [0.29, 0.717) is 5.54 Å². The van der Waals surface area contributed by atoms with Gasteiger partial charge in [-0.25, -0.2) is 0 Å². The molecule has 3 aromatic rings. The molecular formula is C51H102O4Si8. The van der Waals surface area contributed by atoms with E-state index in [1.54, 1.807) is 0 Å². The van der Waals surface area contributed by atoms with Gasteiger partial charge in [-0.3, -0.25) is 0 Å². The van der Waals surface area contributed by atoms with E-state index < -0.39 is 66.5 Å². The lowest BCUT2D eigenvalue weighted by atomic mass is 10.3. The molecule has 0 amide bonds. The molecule has 362 valence electrons. The minimum atomic E-state index is -2.58. The maximum absolute atomic E-state index is 7.41. The van der Waals surface area contributed by atoms with Crippen LogP contribution in [0.4, 0.5) is 0 Å². The van der Waals surface area contributed by atoms with Crippen LogP contribution in [-0.2, 0) is 16.5 Å². The van der Waals surface area contributed by atoms with E-state index in [-0.39, 0.29) is 0 Å². The molecule has 0 fully saturated rings. The Labute approximate surface area is 401 Å². The summed E-state index contributed by atoms with van der Waals surface area (Å²) in [5.74, 6) is 0. The summed E-state index contributed by atoms with van der Waals surface area (Å²) in [4.78, 5) is 0. The Morgan fingerprint density at radius 1 is 0.302 bits per heavy atom. The fraction of sp³-hybridized carbons (Fsp3) is 0.647. The maximum Gasteiger partial charge on any atom is 0.278 e. The molecule has 0 aliphatic carbocycles. The van der Waals surface area contributed by atoms with Crippen molar-refractivity contribution in [3.63, 3.8) is 0 Å². The fourth-order valence-corrected chi connectivity index (χ4v) is 41.5. The van der Waals surface area contributed by atoms with Crippen LogP contribution in [0.2, 0.25) is 133 Å². The zero-order valence-electron chi connectivity index (χ0n) is 45.9. The summed E-state index contributed by atoms with van der Waals surface area (Å²) in [7, 11) is -12.6. The number of benzene rings is 3. The first-order chi connectivity index (χ1) is 28.6. The third kappa shape index (κ3) is 22.7. The van der Waals surface area contributed by atoms with Gasteiger partial charge in [-0.2, -0.15) is 0 Å². The molecule has 12 heteroatoms. The molecule has 0 aliphatic rings. The Bertz CT molecular complexity index is 1470. The maximum atomic E-state index is 7.41. The molecule has 4 unspecified atom stereocenters. The molecule has 0 bridgehead atoms. The highest BCUT2D eigenvalue weighted by molar-refractivity contribution is 7.10. The van der Waals surface area contributed by atoms with Crippen molar-refractivity contribution in [3.05, 3.63) is 91.0 Å². The Balaban J connectivity index is 0.000000901. The molecule has 0 aromatic heterocycles. The largest absolute Gasteiger partial charge is 0.456 e. The average molecular weight is 1000 g/mol. The van der Waals surface area contributed by atoms with Gasteiger partial charge in [-0.05, 0) is 149 Å². The average Bonchev–Trinajstić information content (AvgIpc) is 3.17. The highest BCUT2D eigenvalue weighted by Gasteiger charge is 2.47. The quantitative estimate of drug-likeness (QED) is 0.0886. The molecular weight excluding hydrogens is 901 g/mol. The first-order valence-corrected chi connectivity index (χ1v) is 48.6. The van der Waals surface area contributed by atoms with Gasteiger partial charge in [0.15, 0.2) is 58.2 Å². The van der Waals surface area contributed by atoms with Crippen LogP contribution in [0.3, 0.4) is 0 Å². The van der Waals surface area contributed by atoms with Gasteiger partial charge in [0.1, 0.15) is 0 Å². The molecule has 0 spiro atoms. The second kappa shape index (κ2) is 26.7. The van der Waals surface area contributed by atoms with Crippen molar-refractivity contribution in [3.8, 4) is 0 Å². The van der Waals surface area contributed by atoms with E-state index in [1.165, 1.54) is 34.8 Å². The Hall–Kier alpha value is -0.765. The first kappa shape index (κ1) is 62.2. The van der Waals surface area contributed by atoms with Gasteiger partial charge in [0.05, 0.1) is 0 Å². The van der Waals surface area contributed by atoms with Crippen molar-refractivity contribution in [1.29, 1.82) is 0 Å². The molecule has 0 saturated heterocycles. The summed E-state index contributed by atoms with van der Waals surface area (Å²) >= 11 is 0. The van der Waals surface area contributed by atoms with Crippen LogP contribution in [0, 0.1) is 0 Å². The topological polar surface area (TPSA) is 36.9 Å². The van der Waals surface area contributed by atoms with Crippen molar-refractivity contribution < 1.29 is 16.5 Å². The third-order valence-corrected chi connectivity index (χ3v) is 44.4. The Kier molecular flexibility index (Phi) is 26.4. The Morgan fingerprint density at radius 3 is 0.635 bits per heavy atom. The molecule has 4 nitrogen and oxygen atoms in total. The van der Waals surface area contributed by atoms with E-state index >= 15 is 0 Å². The van der Waals surface area contributed by atoms with E-state index in [4.69, 9.17) is 16.5 Å². The summed E-state index contributed by atoms with van der Waals surface area (Å²) in [6, 6.07) is 32.7. The highest BCUT2D eigenvalue weighted by atomic mass is 28.4. The van der Waals surface area contributed by atoms with Crippen LogP contribution < -0.4 is 15.6 Å². The lowest BCUT2D eigenvalue weighted by Gasteiger charge is -2.42. The van der Waals surface area contributed by atoms with E-state index in [0.717, 1.165) is 23.0 Å². The zero-order valence-corrected chi connectivity index (χ0v) is 53.9. The van der Waals surface area contributed by atoms with Crippen LogP contribution >= 0.6 is 0 Å². The molecule has 0 heterocycles. The molecule has 0 saturated carbocycles. The second-order valence-corrected chi connectivity index (χ2v) is 59.0. The van der Waals surface area contributed by atoms with Crippen LogP contribution in [-0.4, -0.2) is 66.5 Å². The van der Waals surface area contributed by atoms with Crippen LogP contribution in [0.25, 0.3) is 0 Å². The molecule has 4 atom stereocenters. The standard InChI is InChI=1S/C24H30OSi2.3C9H24OSi2/c1-5-21(2)26(3,4)25-27(22-15-9-6-10-16-22,23-17-11-7-12-18-23)24-19-13-8-14-20-24;3*1-8-9(2)12(6,7)10-11(3,4)5/h6-21H,5H2,1-4H3;3*9H,8H2,1-7H3. The first-order valence-electron chi connectivity index (χ1n) is 24.5. The smallest absolute Gasteiger partial charge is 0.278 e. The predicted molar refractivity (Wildman–Crippen MR) is 307 cm³/mol. The number of hydrogen-bond acceptors (Lipinski definition) is 4. The summed E-state index contributed by atoms with van der Waals surface area (Å²) in [5.41, 5.74) is 2.94. The van der Waals surface area contributed by atoms with E-state index in [9.17, 15) is 0 Å². The second-order valence-electron chi connectivity index (χ2n) is 23.2. The molecule has 0 radical (unpaired) electrons. The van der Waals surface area contributed by atoms with Crippen molar-refractivity contribution in [2.24, 2.45) is 0 Å². The minimum absolute atomic E-state index is 0.598. The lowest BCUT2D eigenvalue weighted by Crippen LogP contribution is -2.72. The van der Waals surface area contributed by atoms with Gasteiger partial charge in [-0.15, -0.1) is 0 Å². The number of rotatable bonds is 19. The summed E-state index contributed by atoms with van der Waals surface area (Å²) < 4.78 is 26.2. The molecule has 0 N–H and O–H groups in total. The molecule has 63 heavy (non-hydrogen) atoms. The van der Waals surface area contributed by atoms with Crippen LogP contribution in [0.1, 0.15) is 81.1 Å². The SMILES string of the molecule is CCC(C)[Si](C)(C)O[Si](C)(C)C.CCC(C)[Si](C)(C)O[Si](C)(C)C.CCC(C)[Si](C)(C)O[Si](C)(C)C.CCC(C)[Si](C)(C)O[Si](c1ccccc1)(c1ccccc1)c1ccccc1. The Morgan fingerprint density at radius 2 is 0.476 bits per heavy atom.